The predicted molar refractivity (Wildman–Crippen MR) is 141 cm³/mol. The number of ether oxygens (including phenoxy) is 1. The minimum atomic E-state index is -0.896. The van der Waals surface area contributed by atoms with E-state index in [0.29, 0.717) is 17.6 Å². The molecule has 1 unspecified atom stereocenters. The van der Waals surface area contributed by atoms with Crippen LogP contribution in [-0.2, 0) is 24.1 Å². The van der Waals surface area contributed by atoms with Crippen LogP contribution in [0.2, 0.25) is 0 Å². The quantitative estimate of drug-likeness (QED) is 0.330. The summed E-state index contributed by atoms with van der Waals surface area (Å²) in [6.07, 6.45) is 1.58. The average molecular weight is 516 g/mol. The van der Waals surface area contributed by atoms with Crippen molar-refractivity contribution < 1.29 is 24.3 Å². The Morgan fingerprint density at radius 2 is 1.86 bits per heavy atom. The van der Waals surface area contributed by atoms with Gasteiger partial charge in [-0.25, -0.2) is 0 Å². The summed E-state index contributed by atoms with van der Waals surface area (Å²) in [5.41, 5.74) is 5.39. The molecule has 3 aromatic rings. The topological polar surface area (TPSA) is 118 Å². The third kappa shape index (κ3) is 6.52. The molecule has 1 atom stereocenters. The minimum Gasteiger partial charge on any atom is -0.490 e. The Morgan fingerprint density at radius 1 is 1.19 bits per heavy atom. The van der Waals surface area contributed by atoms with Crippen LogP contribution in [0.4, 0.5) is 0 Å². The summed E-state index contributed by atoms with van der Waals surface area (Å²) < 4.78 is 11.7. The van der Waals surface area contributed by atoms with Crippen LogP contribution >= 0.6 is 11.3 Å². The second kappa shape index (κ2) is 12.5. The Bertz CT molecular complexity index is 1160. The largest absolute Gasteiger partial charge is 0.490 e. The van der Waals surface area contributed by atoms with E-state index >= 15 is 0 Å². The molecule has 196 valence electrons. The molecule has 0 saturated heterocycles. The number of hydrogen-bond donors (Lipinski definition) is 3. The highest BCUT2D eigenvalue weighted by Gasteiger charge is 2.21. The van der Waals surface area contributed by atoms with Crippen LogP contribution in [0.25, 0.3) is 22.2 Å². The number of aryl methyl sites for hydroxylation is 3. The minimum absolute atomic E-state index is 0.00647. The Kier molecular flexibility index (Phi) is 9.64. The maximum atomic E-state index is 11.2. The molecule has 0 bridgehead atoms. The second-order valence-corrected chi connectivity index (χ2v) is 10.6. The zero-order valence-corrected chi connectivity index (χ0v) is 22.8. The van der Waals surface area contributed by atoms with Gasteiger partial charge in [0.1, 0.15) is 25.1 Å². The molecule has 3 N–H and O–H groups in total. The van der Waals surface area contributed by atoms with Gasteiger partial charge < -0.3 is 24.8 Å². The molecule has 1 aromatic carbocycles. The fourth-order valence-electron chi connectivity index (χ4n) is 4.15. The first kappa shape index (κ1) is 27.8. The number of nitrogens with one attached hydrogen (secondary N) is 1. The van der Waals surface area contributed by atoms with E-state index in [1.807, 2.05) is 26.0 Å². The molecular formula is C27H37N3O5S. The number of thiophene rings is 1. The van der Waals surface area contributed by atoms with E-state index in [9.17, 15) is 9.90 Å². The van der Waals surface area contributed by atoms with Crippen molar-refractivity contribution >= 4 is 17.2 Å². The third-order valence-electron chi connectivity index (χ3n) is 6.07. The van der Waals surface area contributed by atoms with Gasteiger partial charge in [-0.2, -0.15) is 4.98 Å². The maximum Gasteiger partial charge on any atom is 0.268 e. The predicted octanol–water partition coefficient (Wildman–Crippen LogP) is 4.25. The fourth-order valence-corrected chi connectivity index (χ4v) is 5.27. The molecule has 0 radical (unpaired) electrons. The summed E-state index contributed by atoms with van der Waals surface area (Å²) in [4.78, 5) is 18.3. The van der Waals surface area contributed by atoms with E-state index in [4.69, 9.17) is 19.4 Å². The zero-order valence-electron chi connectivity index (χ0n) is 22.0. The second-order valence-electron chi connectivity index (χ2n) is 9.37. The molecule has 0 aliphatic heterocycles. The number of carbonyl (C=O) groups is 1. The lowest BCUT2D eigenvalue weighted by molar-refractivity contribution is -0.124. The number of benzene rings is 1. The van der Waals surface area contributed by atoms with Gasteiger partial charge in [-0.15, -0.1) is 11.3 Å². The average Bonchev–Trinajstić information content (AvgIpc) is 3.45. The smallest absolute Gasteiger partial charge is 0.268 e. The molecule has 1 amide bonds. The van der Waals surface area contributed by atoms with Crippen molar-refractivity contribution in [2.45, 2.75) is 66.9 Å². The number of carbonyl (C=O) groups excluding carboxylic acids is 1. The fraction of sp³-hybridized carbons (Fsp3) is 0.519. The first-order valence-corrected chi connectivity index (χ1v) is 13.3. The summed E-state index contributed by atoms with van der Waals surface area (Å²) in [5.74, 6) is 1.83. The highest BCUT2D eigenvalue weighted by molar-refractivity contribution is 7.15. The van der Waals surface area contributed by atoms with Crippen molar-refractivity contribution in [2.24, 2.45) is 5.92 Å². The highest BCUT2D eigenvalue weighted by Crippen LogP contribution is 2.38. The molecule has 0 aliphatic rings. The SMILES string of the molecule is CCc1cc(-c2noc(-c3sc(C)c(CC(C)C)c3C)n2)cc(CC)c1OCC(O)CNC(=O)CO. The van der Waals surface area contributed by atoms with Crippen molar-refractivity contribution in [1.29, 1.82) is 0 Å². The van der Waals surface area contributed by atoms with Crippen molar-refractivity contribution in [1.82, 2.24) is 15.5 Å². The molecule has 9 heteroatoms. The standard InChI is InChI=1S/C27H37N3O5S/c1-7-18-10-20(11-19(8-2)24(18)34-14-21(32)12-28-23(33)13-31)26-29-27(35-30-26)25-16(5)22(9-15(3)4)17(6)36-25/h10-11,15,21,31-32H,7-9,12-14H2,1-6H3,(H,28,33). The van der Waals surface area contributed by atoms with Crippen molar-refractivity contribution in [3.63, 3.8) is 0 Å². The number of aromatic nitrogens is 2. The molecule has 0 spiro atoms. The number of rotatable bonds is 12. The van der Waals surface area contributed by atoms with Gasteiger partial charge in [0.15, 0.2) is 0 Å². The number of nitrogens with zero attached hydrogens (tertiary/aromatic N) is 2. The van der Waals surface area contributed by atoms with Crippen LogP contribution < -0.4 is 10.1 Å². The van der Waals surface area contributed by atoms with Crippen LogP contribution in [0.1, 0.15) is 54.8 Å². The molecule has 0 fully saturated rings. The number of hydrogen-bond acceptors (Lipinski definition) is 8. The first-order chi connectivity index (χ1) is 17.2. The van der Waals surface area contributed by atoms with Gasteiger partial charge in [0.05, 0.1) is 4.88 Å². The van der Waals surface area contributed by atoms with Crippen molar-refractivity contribution in [3.8, 4) is 27.9 Å². The van der Waals surface area contributed by atoms with E-state index in [2.05, 4.69) is 38.2 Å². The van der Waals surface area contributed by atoms with Crippen molar-refractivity contribution in [2.75, 3.05) is 19.8 Å². The van der Waals surface area contributed by atoms with Crippen LogP contribution in [0.3, 0.4) is 0 Å². The first-order valence-electron chi connectivity index (χ1n) is 12.5. The molecule has 0 saturated carbocycles. The van der Waals surface area contributed by atoms with Gasteiger partial charge in [-0.1, -0.05) is 32.9 Å². The molecular weight excluding hydrogens is 478 g/mol. The van der Waals surface area contributed by atoms with Crippen LogP contribution in [0.5, 0.6) is 5.75 Å². The lowest BCUT2D eigenvalue weighted by Gasteiger charge is -2.18. The normalized spacial score (nSPS) is 12.2. The highest BCUT2D eigenvalue weighted by atomic mass is 32.1. The molecule has 2 aromatic heterocycles. The number of aliphatic hydroxyl groups is 2. The van der Waals surface area contributed by atoms with Gasteiger partial charge in [-0.3, -0.25) is 4.79 Å². The zero-order chi connectivity index (χ0) is 26.4. The molecule has 8 nitrogen and oxygen atoms in total. The van der Waals surface area contributed by atoms with Crippen LogP contribution in [0.15, 0.2) is 16.7 Å². The van der Waals surface area contributed by atoms with E-state index in [1.54, 1.807) is 11.3 Å². The summed E-state index contributed by atoms with van der Waals surface area (Å²) in [7, 11) is 0. The van der Waals surface area contributed by atoms with E-state index in [-0.39, 0.29) is 13.2 Å². The Labute approximate surface area is 216 Å². The third-order valence-corrected chi connectivity index (χ3v) is 7.30. The van der Waals surface area contributed by atoms with E-state index in [1.165, 1.54) is 16.0 Å². The van der Waals surface area contributed by atoms with Gasteiger partial charge in [0, 0.05) is 17.0 Å². The molecule has 3 rings (SSSR count). The molecule has 0 aliphatic carbocycles. The van der Waals surface area contributed by atoms with Crippen LogP contribution in [-0.4, -0.2) is 52.1 Å². The molecule has 36 heavy (non-hydrogen) atoms. The summed E-state index contributed by atoms with van der Waals surface area (Å²) >= 11 is 1.70. The van der Waals surface area contributed by atoms with Gasteiger partial charge in [-0.05, 0) is 73.4 Å². The molecule has 2 heterocycles. The van der Waals surface area contributed by atoms with Crippen molar-refractivity contribution in [3.05, 3.63) is 39.3 Å². The van der Waals surface area contributed by atoms with Gasteiger partial charge in [0.25, 0.3) is 5.89 Å². The lowest BCUT2D eigenvalue weighted by Crippen LogP contribution is -2.36. The maximum absolute atomic E-state index is 11.2. The Morgan fingerprint density at radius 3 is 2.44 bits per heavy atom. The number of amides is 1. The van der Waals surface area contributed by atoms with Crippen LogP contribution in [0, 0.1) is 19.8 Å². The summed E-state index contributed by atoms with van der Waals surface area (Å²) in [6.45, 7) is 12.2. The summed E-state index contributed by atoms with van der Waals surface area (Å²) in [5, 5.41) is 25.7. The van der Waals surface area contributed by atoms with Gasteiger partial charge in [0.2, 0.25) is 11.7 Å². The lowest BCUT2D eigenvalue weighted by atomic mass is 9.99. The number of aliphatic hydroxyl groups excluding tert-OH is 2. The summed E-state index contributed by atoms with van der Waals surface area (Å²) in [6, 6.07) is 4.00. The Hall–Kier alpha value is -2.75. The monoisotopic (exact) mass is 515 g/mol. The Balaban J connectivity index is 1.84. The van der Waals surface area contributed by atoms with Gasteiger partial charge >= 0.3 is 0 Å². The van der Waals surface area contributed by atoms with E-state index in [0.717, 1.165) is 46.6 Å². The van der Waals surface area contributed by atoms with E-state index < -0.39 is 18.6 Å².